The summed E-state index contributed by atoms with van der Waals surface area (Å²) in [5.74, 6) is 0. The molecule has 15 heavy (non-hydrogen) atoms. The molecule has 0 saturated heterocycles. The van der Waals surface area contributed by atoms with Gasteiger partial charge >= 0.3 is 5.63 Å². The van der Waals surface area contributed by atoms with Crippen molar-refractivity contribution >= 4 is 12.2 Å². The molecule has 1 aromatic rings. The van der Waals surface area contributed by atoms with Crippen LogP contribution in [0.5, 0.6) is 0 Å². The van der Waals surface area contributed by atoms with E-state index in [1.807, 2.05) is 26.8 Å². The molecule has 0 radical (unpaired) electrons. The molecule has 0 aliphatic rings. The SMILES string of the molecule is C=C/C=c1/oc(=O)c(C)c/c1=C/C.CC. The molecule has 82 valence electrons. The molecular weight excluding hydrogens is 188 g/mol. The largest absolute Gasteiger partial charge is 0.423 e. The van der Waals surface area contributed by atoms with Gasteiger partial charge in [0.15, 0.2) is 0 Å². The van der Waals surface area contributed by atoms with Gasteiger partial charge in [0, 0.05) is 10.8 Å². The summed E-state index contributed by atoms with van der Waals surface area (Å²) in [5.41, 5.74) is 0.890. The Morgan fingerprint density at radius 1 is 1.40 bits per heavy atom. The Balaban J connectivity index is 0.000000921. The zero-order valence-corrected chi connectivity index (χ0v) is 9.83. The smallest absolute Gasteiger partial charge is 0.339 e. The molecule has 0 aromatic carbocycles. The van der Waals surface area contributed by atoms with Crippen molar-refractivity contribution in [2.75, 3.05) is 0 Å². The maximum atomic E-state index is 11.1. The third-order valence-corrected chi connectivity index (χ3v) is 1.76. The Morgan fingerprint density at radius 3 is 2.47 bits per heavy atom. The van der Waals surface area contributed by atoms with Crippen molar-refractivity contribution in [2.24, 2.45) is 0 Å². The Morgan fingerprint density at radius 2 is 2.00 bits per heavy atom. The van der Waals surface area contributed by atoms with Gasteiger partial charge in [-0.1, -0.05) is 32.6 Å². The lowest BCUT2D eigenvalue weighted by Gasteiger charge is -1.91. The molecule has 0 unspecified atom stereocenters. The minimum atomic E-state index is -0.293. The molecule has 1 heterocycles. The summed E-state index contributed by atoms with van der Waals surface area (Å²) in [6, 6.07) is 1.81. The quantitative estimate of drug-likeness (QED) is 0.700. The van der Waals surface area contributed by atoms with Gasteiger partial charge in [-0.05, 0) is 26.0 Å². The Hall–Kier alpha value is -1.57. The average molecular weight is 206 g/mol. The fourth-order valence-electron chi connectivity index (χ4n) is 1.07. The first-order valence-electron chi connectivity index (χ1n) is 5.09. The van der Waals surface area contributed by atoms with Crippen molar-refractivity contribution in [3.63, 3.8) is 0 Å². The third kappa shape index (κ3) is 3.58. The number of hydrogen-bond donors (Lipinski definition) is 0. The standard InChI is InChI=1S/C11H12O2.C2H6/c1-4-6-10-9(5-2)7-8(3)11(12)13-10;1-2/h4-7H,1H2,2-3H3;1-2H3/b9-5-,10-6+;. The van der Waals surface area contributed by atoms with Gasteiger partial charge in [0.25, 0.3) is 0 Å². The van der Waals surface area contributed by atoms with Crippen molar-refractivity contribution in [2.45, 2.75) is 27.7 Å². The molecule has 1 aromatic heterocycles. The second-order valence-corrected chi connectivity index (χ2v) is 2.73. The number of rotatable bonds is 1. The Bertz CT molecular complexity index is 478. The molecule has 2 heteroatoms. The summed E-state index contributed by atoms with van der Waals surface area (Å²) < 4.78 is 5.06. The second-order valence-electron chi connectivity index (χ2n) is 2.73. The predicted molar refractivity (Wildman–Crippen MR) is 65.1 cm³/mol. The van der Waals surface area contributed by atoms with Crippen LogP contribution in [0.2, 0.25) is 0 Å². The minimum absolute atomic E-state index is 0.293. The van der Waals surface area contributed by atoms with E-state index in [0.29, 0.717) is 11.0 Å². The molecule has 0 fully saturated rings. The van der Waals surface area contributed by atoms with Gasteiger partial charge in [-0.3, -0.25) is 0 Å². The molecule has 0 amide bonds. The lowest BCUT2D eigenvalue weighted by Crippen LogP contribution is -2.29. The molecule has 1 rings (SSSR count). The molecule has 0 aliphatic carbocycles. The van der Waals surface area contributed by atoms with Crippen LogP contribution in [0.1, 0.15) is 26.3 Å². The summed E-state index contributed by atoms with van der Waals surface area (Å²) in [6.07, 6.45) is 5.17. The van der Waals surface area contributed by atoms with Crippen LogP contribution in [0, 0.1) is 6.92 Å². The first kappa shape index (κ1) is 13.4. The second kappa shape index (κ2) is 6.82. The highest BCUT2D eigenvalue weighted by Gasteiger charge is 1.94. The summed E-state index contributed by atoms with van der Waals surface area (Å²) >= 11 is 0. The van der Waals surface area contributed by atoms with Crippen molar-refractivity contribution < 1.29 is 4.42 Å². The van der Waals surface area contributed by atoms with Crippen LogP contribution >= 0.6 is 0 Å². The molecule has 0 saturated carbocycles. The van der Waals surface area contributed by atoms with Crippen LogP contribution in [-0.2, 0) is 0 Å². The number of allylic oxidation sites excluding steroid dienone is 1. The minimum Gasteiger partial charge on any atom is -0.423 e. The molecule has 0 bridgehead atoms. The molecule has 0 N–H and O–H groups in total. The highest BCUT2D eigenvalue weighted by molar-refractivity contribution is 5.34. The van der Waals surface area contributed by atoms with E-state index in [2.05, 4.69) is 6.58 Å². The van der Waals surface area contributed by atoms with Gasteiger partial charge in [-0.15, -0.1) is 0 Å². The van der Waals surface area contributed by atoms with E-state index in [1.54, 1.807) is 25.1 Å². The highest BCUT2D eigenvalue weighted by atomic mass is 16.4. The molecule has 0 spiro atoms. The maximum Gasteiger partial charge on any atom is 0.339 e. The van der Waals surface area contributed by atoms with Gasteiger partial charge in [-0.2, -0.15) is 0 Å². The molecular formula is C13H18O2. The van der Waals surface area contributed by atoms with Crippen LogP contribution in [0.25, 0.3) is 12.2 Å². The molecule has 0 aliphatic heterocycles. The van der Waals surface area contributed by atoms with E-state index in [-0.39, 0.29) is 5.63 Å². The summed E-state index contributed by atoms with van der Waals surface area (Å²) in [7, 11) is 0. The topological polar surface area (TPSA) is 30.2 Å². The zero-order valence-electron chi connectivity index (χ0n) is 9.83. The highest BCUT2D eigenvalue weighted by Crippen LogP contribution is 1.77. The predicted octanol–water partition coefficient (Wildman–Crippen LogP) is 1.74. The summed E-state index contributed by atoms with van der Waals surface area (Å²) in [4.78, 5) is 11.1. The van der Waals surface area contributed by atoms with E-state index in [1.165, 1.54) is 0 Å². The average Bonchev–Trinajstić information content (AvgIpc) is 2.26. The van der Waals surface area contributed by atoms with E-state index < -0.39 is 0 Å². The summed E-state index contributed by atoms with van der Waals surface area (Å²) in [5, 5.41) is 0.914. The van der Waals surface area contributed by atoms with E-state index in [0.717, 1.165) is 5.22 Å². The van der Waals surface area contributed by atoms with Gasteiger partial charge in [-0.25, -0.2) is 4.79 Å². The van der Waals surface area contributed by atoms with E-state index >= 15 is 0 Å². The van der Waals surface area contributed by atoms with E-state index in [9.17, 15) is 4.79 Å². The number of hydrogen-bond acceptors (Lipinski definition) is 2. The van der Waals surface area contributed by atoms with Crippen molar-refractivity contribution in [3.05, 3.63) is 45.3 Å². The lowest BCUT2D eigenvalue weighted by atomic mass is 10.2. The van der Waals surface area contributed by atoms with Gasteiger partial charge < -0.3 is 4.42 Å². The fourth-order valence-corrected chi connectivity index (χ4v) is 1.07. The fraction of sp³-hybridized carbons (Fsp3) is 0.308. The zero-order chi connectivity index (χ0) is 11.8. The number of aryl methyl sites for hydroxylation is 1. The van der Waals surface area contributed by atoms with Crippen molar-refractivity contribution in [1.29, 1.82) is 0 Å². The maximum absolute atomic E-state index is 11.1. The van der Waals surface area contributed by atoms with Crippen LogP contribution in [-0.4, -0.2) is 0 Å². The van der Waals surface area contributed by atoms with Crippen molar-refractivity contribution in [3.8, 4) is 0 Å². The molecule has 2 nitrogen and oxygen atoms in total. The Kier molecular flexibility index (Phi) is 6.11. The van der Waals surface area contributed by atoms with E-state index in [4.69, 9.17) is 4.42 Å². The first-order valence-corrected chi connectivity index (χ1v) is 5.09. The summed E-state index contributed by atoms with van der Waals surface area (Å²) in [6.45, 7) is 11.2. The van der Waals surface area contributed by atoms with Gasteiger partial charge in [0.2, 0.25) is 0 Å². The van der Waals surface area contributed by atoms with Crippen LogP contribution in [0.15, 0.2) is 27.9 Å². The van der Waals surface area contributed by atoms with Gasteiger partial charge in [0.1, 0.15) is 5.42 Å². The van der Waals surface area contributed by atoms with Crippen molar-refractivity contribution in [1.82, 2.24) is 0 Å². The normalized spacial score (nSPS) is 12.0. The Labute approximate surface area is 90.3 Å². The first-order chi connectivity index (χ1) is 7.19. The lowest BCUT2D eigenvalue weighted by molar-refractivity contribution is 0.469. The monoisotopic (exact) mass is 206 g/mol. The van der Waals surface area contributed by atoms with Crippen LogP contribution < -0.4 is 16.3 Å². The van der Waals surface area contributed by atoms with Crippen LogP contribution in [0.3, 0.4) is 0 Å². The molecule has 0 atom stereocenters. The van der Waals surface area contributed by atoms with Crippen LogP contribution in [0.4, 0.5) is 0 Å². The van der Waals surface area contributed by atoms with Gasteiger partial charge in [0.05, 0.1) is 0 Å². The third-order valence-electron chi connectivity index (χ3n) is 1.76.